The molecule has 1 saturated heterocycles. The third-order valence-electron chi connectivity index (χ3n) is 7.06. The van der Waals surface area contributed by atoms with Crippen molar-refractivity contribution in [2.75, 3.05) is 26.3 Å². The smallest absolute Gasteiger partial charge is 0.366 e. The molecule has 4 rings (SSSR count). The molecule has 1 aliphatic heterocycles. The monoisotopic (exact) mass is 714 g/mol. The number of hydrogen-bond donors (Lipinski definition) is 0. The second-order valence-corrected chi connectivity index (χ2v) is 12.5. The summed E-state index contributed by atoms with van der Waals surface area (Å²) in [5, 5.41) is 11.5. The van der Waals surface area contributed by atoms with Gasteiger partial charge in [0.1, 0.15) is 5.60 Å². The molecular formula is C28H22Cl2F6N2O7S. The SMILES string of the molecule is O=C(Cc1cc(C(F)(F)F)cc(C(F)(F)F)c1)N1CCOC(CCOS(=O)(=O)c2ccccc2[N+](=O)[O-])(c2ccc(Cl)c(Cl)c2)C1. The van der Waals surface area contributed by atoms with Gasteiger partial charge in [0.2, 0.25) is 5.91 Å². The first kappa shape index (κ1) is 35.4. The van der Waals surface area contributed by atoms with Crippen LogP contribution in [0.2, 0.25) is 10.0 Å². The van der Waals surface area contributed by atoms with Crippen LogP contribution in [0.5, 0.6) is 0 Å². The Morgan fingerprint density at radius 1 is 0.978 bits per heavy atom. The Hall–Kier alpha value is -3.44. The molecule has 1 unspecified atom stereocenters. The Kier molecular flexibility index (Phi) is 10.3. The summed E-state index contributed by atoms with van der Waals surface area (Å²) >= 11 is 12.2. The highest BCUT2D eigenvalue weighted by atomic mass is 35.5. The Bertz CT molecular complexity index is 1720. The molecule has 9 nitrogen and oxygen atoms in total. The van der Waals surface area contributed by atoms with Gasteiger partial charge >= 0.3 is 22.5 Å². The first-order chi connectivity index (χ1) is 21.3. The number of hydrogen-bond acceptors (Lipinski definition) is 7. The van der Waals surface area contributed by atoms with Gasteiger partial charge in [-0.15, -0.1) is 0 Å². The summed E-state index contributed by atoms with van der Waals surface area (Å²) in [6, 6.07) is 9.62. The summed E-state index contributed by atoms with van der Waals surface area (Å²) in [6.45, 7) is -1.26. The van der Waals surface area contributed by atoms with Crippen molar-refractivity contribution < 1.29 is 53.4 Å². The average Bonchev–Trinajstić information content (AvgIpc) is 2.97. The lowest BCUT2D eigenvalue weighted by Gasteiger charge is -2.43. The van der Waals surface area contributed by atoms with E-state index in [0.29, 0.717) is 17.7 Å². The first-order valence-electron chi connectivity index (χ1n) is 13.1. The van der Waals surface area contributed by atoms with E-state index in [4.69, 9.17) is 32.1 Å². The Labute approximate surface area is 267 Å². The van der Waals surface area contributed by atoms with Crippen molar-refractivity contribution in [3.63, 3.8) is 0 Å². The molecule has 0 radical (unpaired) electrons. The maximum Gasteiger partial charge on any atom is 0.416 e. The second kappa shape index (κ2) is 13.4. The van der Waals surface area contributed by atoms with Crippen molar-refractivity contribution in [2.45, 2.75) is 35.7 Å². The van der Waals surface area contributed by atoms with Crippen LogP contribution < -0.4 is 0 Å². The molecule has 0 aromatic heterocycles. The van der Waals surface area contributed by atoms with Crippen molar-refractivity contribution >= 4 is 44.9 Å². The number of nitro benzene ring substituents is 1. The number of morpholine rings is 1. The molecule has 1 atom stereocenters. The molecule has 248 valence electrons. The number of amides is 1. The fraction of sp³-hybridized carbons (Fsp3) is 0.321. The number of carbonyl (C=O) groups excluding carboxylic acids is 1. The van der Waals surface area contributed by atoms with Gasteiger partial charge < -0.3 is 9.64 Å². The van der Waals surface area contributed by atoms with Gasteiger partial charge in [0, 0.05) is 19.0 Å². The Morgan fingerprint density at radius 2 is 1.61 bits per heavy atom. The fourth-order valence-electron chi connectivity index (χ4n) is 4.85. The highest BCUT2D eigenvalue weighted by Gasteiger charge is 2.42. The lowest BCUT2D eigenvalue weighted by Crippen LogP contribution is -2.52. The molecule has 0 spiro atoms. The normalized spacial score (nSPS) is 17.6. The molecule has 0 aliphatic carbocycles. The van der Waals surface area contributed by atoms with E-state index in [1.54, 1.807) is 0 Å². The third-order valence-corrected chi connectivity index (χ3v) is 9.16. The summed E-state index contributed by atoms with van der Waals surface area (Å²) < 4.78 is 117. The number of nitrogens with zero attached hydrogens (tertiary/aromatic N) is 2. The minimum absolute atomic E-state index is 0.0455. The van der Waals surface area contributed by atoms with Gasteiger partial charge in [0.05, 0.1) is 52.3 Å². The molecule has 3 aromatic rings. The van der Waals surface area contributed by atoms with Gasteiger partial charge in [-0.3, -0.25) is 19.1 Å². The molecule has 0 saturated carbocycles. The van der Waals surface area contributed by atoms with Crippen LogP contribution in [-0.4, -0.2) is 50.5 Å². The van der Waals surface area contributed by atoms with Crippen LogP contribution in [0.4, 0.5) is 32.0 Å². The minimum Gasteiger partial charge on any atom is -0.366 e. The fourth-order valence-corrected chi connectivity index (χ4v) is 6.23. The summed E-state index contributed by atoms with van der Waals surface area (Å²) in [5.74, 6) is -0.839. The number of ether oxygens (including phenoxy) is 1. The van der Waals surface area contributed by atoms with E-state index in [1.165, 1.54) is 30.3 Å². The molecule has 0 N–H and O–H groups in total. The van der Waals surface area contributed by atoms with E-state index in [0.717, 1.165) is 17.0 Å². The maximum absolute atomic E-state index is 13.4. The number of nitro groups is 1. The number of alkyl halides is 6. The molecule has 46 heavy (non-hydrogen) atoms. The average molecular weight is 715 g/mol. The topological polar surface area (TPSA) is 116 Å². The van der Waals surface area contributed by atoms with Crippen LogP contribution in [0, 0.1) is 10.1 Å². The lowest BCUT2D eigenvalue weighted by atomic mass is 9.88. The number of para-hydroxylation sites is 1. The Morgan fingerprint density at radius 3 is 2.20 bits per heavy atom. The summed E-state index contributed by atoms with van der Waals surface area (Å²) in [4.78, 5) is 24.2. The van der Waals surface area contributed by atoms with Crippen LogP contribution in [0.15, 0.2) is 65.6 Å². The zero-order valence-electron chi connectivity index (χ0n) is 23.2. The van der Waals surface area contributed by atoms with E-state index in [1.807, 2.05) is 0 Å². The second-order valence-electron chi connectivity index (χ2n) is 10.1. The van der Waals surface area contributed by atoms with Crippen LogP contribution in [-0.2, 0) is 48.2 Å². The van der Waals surface area contributed by atoms with Crippen molar-refractivity contribution in [1.29, 1.82) is 0 Å². The van der Waals surface area contributed by atoms with Crippen molar-refractivity contribution in [1.82, 2.24) is 4.90 Å². The predicted octanol–water partition coefficient (Wildman–Crippen LogP) is 7.03. The zero-order valence-corrected chi connectivity index (χ0v) is 25.5. The highest BCUT2D eigenvalue weighted by molar-refractivity contribution is 7.87. The quantitative estimate of drug-likeness (QED) is 0.101. The molecule has 18 heteroatoms. The van der Waals surface area contributed by atoms with Crippen molar-refractivity contribution in [3.8, 4) is 0 Å². The van der Waals surface area contributed by atoms with Crippen LogP contribution >= 0.6 is 23.2 Å². The summed E-state index contributed by atoms with van der Waals surface area (Å²) in [7, 11) is -4.67. The van der Waals surface area contributed by atoms with Crippen LogP contribution in [0.3, 0.4) is 0 Å². The number of halogens is 8. The van der Waals surface area contributed by atoms with Gasteiger partial charge in [-0.2, -0.15) is 34.8 Å². The van der Waals surface area contributed by atoms with E-state index in [9.17, 15) is 49.7 Å². The third kappa shape index (κ3) is 8.09. The molecule has 1 amide bonds. The largest absolute Gasteiger partial charge is 0.416 e. The number of rotatable bonds is 9. The lowest BCUT2D eigenvalue weighted by molar-refractivity contribution is -0.387. The number of carbonyl (C=O) groups is 1. The molecule has 1 aliphatic rings. The van der Waals surface area contributed by atoms with Crippen molar-refractivity contribution in [3.05, 3.63) is 103 Å². The highest BCUT2D eigenvalue weighted by Crippen LogP contribution is 2.39. The Balaban J connectivity index is 1.62. The first-order valence-corrected chi connectivity index (χ1v) is 15.3. The van der Waals surface area contributed by atoms with Gasteiger partial charge in [-0.05, 0) is 47.5 Å². The summed E-state index contributed by atoms with van der Waals surface area (Å²) in [6.07, 6.45) is -11.3. The van der Waals surface area contributed by atoms with Gasteiger partial charge in [-0.1, -0.05) is 41.4 Å². The number of benzene rings is 3. The van der Waals surface area contributed by atoms with E-state index in [2.05, 4.69) is 0 Å². The standard InChI is InChI=1S/C28H22Cl2F6N2O7S/c29-21-6-5-18(15-22(21)30)26(7-9-45-46(42,43)24-4-2-1-3-23(24)38(40)41)16-37(8-10-44-26)25(39)13-17-11-19(27(31,32)33)14-20(12-17)28(34,35)36/h1-6,11-12,14-15H,7-10,13,16H2. The molecule has 1 heterocycles. The van der Waals surface area contributed by atoms with Gasteiger partial charge in [0.15, 0.2) is 4.90 Å². The minimum atomic E-state index is -5.11. The molecule has 3 aromatic carbocycles. The molecule has 1 fully saturated rings. The predicted molar refractivity (Wildman–Crippen MR) is 152 cm³/mol. The maximum atomic E-state index is 13.4. The van der Waals surface area contributed by atoms with Gasteiger partial charge in [-0.25, -0.2) is 0 Å². The zero-order chi connectivity index (χ0) is 34.1. The van der Waals surface area contributed by atoms with Crippen LogP contribution in [0.1, 0.15) is 28.7 Å². The van der Waals surface area contributed by atoms with E-state index >= 15 is 0 Å². The van der Waals surface area contributed by atoms with Crippen molar-refractivity contribution in [2.24, 2.45) is 0 Å². The van der Waals surface area contributed by atoms with Gasteiger partial charge in [0.25, 0.3) is 5.69 Å². The van der Waals surface area contributed by atoms with E-state index < -0.39 is 79.2 Å². The molecule has 0 bridgehead atoms. The van der Waals surface area contributed by atoms with Crippen LogP contribution in [0.25, 0.3) is 0 Å². The summed E-state index contributed by atoms with van der Waals surface area (Å²) in [5.41, 5.74) is -5.66. The molecular weight excluding hydrogens is 693 g/mol. The van der Waals surface area contributed by atoms with E-state index in [-0.39, 0.29) is 42.2 Å².